The van der Waals surface area contributed by atoms with Crippen LogP contribution in [0.15, 0.2) is 18.2 Å². The molecule has 2 saturated heterocycles. The highest BCUT2D eigenvalue weighted by molar-refractivity contribution is 6.21. The van der Waals surface area contributed by atoms with E-state index in [2.05, 4.69) is 0 Å². The van der Waals surface area contributed by atoms with E-state index in [4.69, 9.17) is 4.74 Å². The standard InChI is InChI=1S/C19H25N3O4/c1-4-26-19(25)21-9-7-20(8-10-21)16-12-17(23)22(18(16)24)15-6-5-13(2)14(3)11-15/h5-6,11,16H,4,7-10,12H2,1-3H3/p+1. The molecule has 1 aromatic carbocycles. The maximum atomic E-state index is 12.9. The molecule has 0 saturated carbocycles. The van der Waals surface area contributed by atoms with E-state index in [1.54, 1.807) is 11.8 Å². The number of nitrogens with zero attached hydrogens (tertiary/aromatic N) is 2. The number of carbonyl (C=O) groups excluding carboxylic acids is 3. The Balaban J connectivity index is 1.68. The van der Waals surface area contributed by atoms with Crippen molar-refractivity contribution in [1.29, 1.82) is 0 Å². The van der Waals surface area contributed by atoms with Crippen molar-refractivity contribution in [2.75, 3.05) is 37.7 Å². The highest BCUT2D eigenvalue weighted by Gasteiger charge is 2.46. The SMILES string of the molecule is CCOC(=O)N1CC[NH+](C2CC(=O)N(c3ccc(C)c(C)c3)C2=O)CC1. The van der Waals surface area contributed by atoms with Crippen LogP contribution < -0.4 is 9.80 Å². The quantitative estimate of drug-likeness (QED) is 0.787. The largest absolute Gasteiger partial charge is 0.450 e. The summed E-state index contributed by atoms with van der Waals surface area (Å²) in [6.45, 7) is 8.47. The zero-order valence-corrected chi connectivity index (χ0v) is 15.6. The molecule has 2 fully saturated rings. The summed E-state index contributed by atoms with van der Waals surface area (Å²) in [5.74, 6) is -0.290. The minimum Gasteiger partial charge on any atom is -0.450 e. The van der Waals surface area contributed by atoms with Gasteiger partial charge in [-0.3, -0.25) is 14.5 Å². The van der Waals surface area contributed by atoms with Crippen LogP contribution in [0, 0.1) is 13.8 Å². The Labute approximate surface area is 153 Å². The van der Waals surface area contributed by atoms with Crippen LogP contribution in [0.2, 0.25) is 0 Å². The number of nitrogens with one attached hydrogen (secondary N) is 1. The Morgan fingerprint density at radius 1 is 1.19 bits per heavy atom. The number of amides is 3. The highest BCUT2D eigenvalue weighted by atomic mass is 16.6. The zero-order chi connectivity index (χ0) is 18.8. The molecule has 1 unspecified atom stereocenters. The van der Waals surface area contributed by atoms with Gasteiger partial charge in [0, 0.05) is 0 Å². The number of rotatable bonds is 3. The third kappa shape index (κ3) is 3.44. The number of carbonyl (C=O) groups is 3. The normalized spacial score (nSPS) is 21.4. The fourth-order valence-electron chi connectivity index (χ4n) is 3.63. The average molecular weight is 360 g/mol. The molecule has 3 amide bonds. The van der Waals surface area contributed by atoms with Crippen LogP contribution in [0.4, 0.5) is 10.5 Å². The Morgan fingerprint density at radius 3 is 2.50 bits per heavy atom. The van der Waals surface area contributed by atoms with Crippen molar-refractivity contribution in [2.24, 2.45) is 0 Å². The molecular formula is C19H26N3O4+. The van der Waals surface area contributed by atoms with E-state index < -0.39 is 0 Å². The van der Waals surface area contributed by atoms with E-state index in [0.29, 0.717) is 38.5 Å². The van der Waals surface area contributed by atoms with Gasteiger partial charge in [-0.2, -0.15) is 0 Å². The zero-order valence-electron chi connectivity index (χ0n) is 15.6. The summed E-state index contributed by atoms with van der Waals surface area (Å²) in [6.07, 6.45) is -0.0855. The first-order chi connectivity index (χ1) is 12.4. The average Bonchev–Trinajstić information content (AvgIpc) is 2.92. The maximum absolute atomic E-state index is 12.9. The number of hydrogen-bond donors (Lipinski definition) is 1. The first-order valence-corrected chi connectivity index (χ1v) is 9.12. The van der Waals surface area contributed by atoms with Crippen LogP contribution in [0.5, 0.6) is 0 Å². The molecular weight excluding hydrogens is 334 g/mol. The van der Waals surface area contributed by atoms with Crippen LogP contribution in [0.1, 0.15) is 24.5 Å². The molecule has 7 nitrogen and oxygen atoms in total. The monoisotopic (exact) mass is 360 g/mol. The predicted molar refractivity (Wildman–Crippen MR) is 96.1 cm³/mol. The van der Waals surface area contributed by atoms with E-state index in [1.807, 2.05) is 32.0 Å². The van der Waals surface area contributed by atoms with Crippen LogP contribution in [0.3, 0.4) is 0 Å². The van der Waals surface area contributed by atoms with Gasteiger partial charge >= 0.3 is 6.09 Å². The molecule has 0 aliphatic carbocycles. The number of benzene rings is 1. The second-order valence-electron chi connectivity index (χ2n) is 6.94. The lowest BCUT2D eigenvalue weighted by atomic mass is 10.1. The van der Waals surface area contributed by atoms with Crippen molar-refractivity contribution in [3.05, 3.63) is 29.3 Å². The third-order valence-corrected chi connectivity index (χ3v) is 5.32. The first kappa shape index (κ1) is 18.4. The van der Waals surface area contributed by atoms with Crippen LogP contribution in [-0.2, 0) is 14.3 Å². The van der Waals surface area contributed by atoms with Gasteiger partial charge in [-0.15, -0.1) is 0 Å². The van der Waals surface area contributed by atoms with Crippen LogP contribution in [0.25, 0.3) is 0 Å². The lowest BCUT2D eigenvalue weighted by Gasteiger charge is -2.33. The van der Waals surface area contributed by atoms with Crippen molar-refractivity contribution in [3.8, 4) is 0 Å². The van der Waals surface area contributed by atoms with E-state index in [-0.39, 0.29) is 30.4 Å². The van der Waals surface area contributed by atoms with Crippen molar-refractivity contribution < 1.29 is 24.0 Å². The molecule has 1 atom stereocenters. The van der Waals surface area contributed by atoms with Gasteiger partial charge in [0.05, 0.1) is 44.9 Å². The van der Waals surface area contributed by atoms with Crippen molar-refractivity contribution >= 4 is 23.6 Å². The van der Waals surface area contributed by atoms with Crippen LogP contribution >= 0.6 is 0 Å². The van der Waals surface area contributed by atoms with Gasteiger partial charge in [0.1, 0.15) is 0 Å². The topological polar surface area (TPSA) is 71.4 Å². The van der Waals surface area contributed by atoms with Gasteiger partial charge in [0.2, 0.25) is 5.91 Å². The number of aryl methyl sites for hydroxylation is 2. The Hall–Kier alpha value is -2.41. The number of piperazine rings is 1. The van der Waals surface area contributed by atoms with E-state index in [1.165, 1.54) is 4.90 Å². The minimum absolute atomic E-state index is 0.141. The molecule has 2 heterocycles. The Morgan fingerprint density at radius 2 is 1.88 bits per heavy atom. The first-order valence-electron chi connectivity index (χ1n) is 9.12. The lowest BCUT2D eigenvalue weighted by Crippen LogP contribution is -3.19. The summed E-state index contributed by atoms with van der Waals surface area (Å²) < 4.78 is 5.02. The number of imide groups is 1. The van der Waals surface area contributed by atoms with Gasteiger partial charge in [0.15, 0.2) is 6.04 Å². The van der Waals surface area contributed by atoms with Gasteiger partial charge in [-0.05, 0) is 44.0 Å². The van der Waals surface area contributed by atoms with E-state index in [0.717, 1.165) is 16.0 Å². The molecule has 2 aliphatic rings. The van der Waals surface area contributed by atoms with Gasteiger partial charge in [-0.1, -0.05) is 6.07 Å². The fraction of sp³-hybridized carbons (Fsp3) is 0.526. The van der Waals surface area contributed by atoms with E-state index >= 15 is 0 Å². The molecule has 1 aromatic rings. The maximum Gasteiger partial charge on any atom is 0.410 e. The summed E-state index contributed by atoms with van der Waals surface area (Å²) in [6, 6.07) is 5.29. The number of ether oxygens (including phenoxy) is 1. The van der Waals surface area contributed by atoms with Gasteiger partial charge in [-0.25, -0.2) is 9.69 Å². The summed E-state index contributed by atoms with van der Waals surface area (Å²) in [5.41, 5.74) is 2.84. The molecule has 26 heavy (non-hydrogen) atoms. The molecule has 0 aromatic heterocycles. The summed E-state index contributed by atoms with van der Waals surface area (Å²) >= 11 is 0. The molecule has 7 heteroatoms. The van der Waals surface area contributed by atoms with E-state index in [9.17, 15) is 14.4 Å². The number of quaternary nitrogens is 1. The van der Waals surface area contributed by atoms with Gasteiger partial charge in [0.25, 0.3) is 5.91 Å². The molecule has 1 N–H and O–H groups in total. The van der Waals surface area contributed by atoms with Gasteiger partial charge < -0.3 is 9.64 Å². The molecule has 3 rings (SSSR count). The summed E-state index contributed by atoms with van der Waals surface area (Å²) in [7, 11) is 0. The summed E-state index contributed by atoms with van der Waals surface area (Å²) in [4.78, 5) is 41.3. The van der Waals surface area contributed by atoms with Crippen molar-refractivity contribution in [1.82, 2.24) is 4.90 Å². The number of anilines is 1. The lowest BCUT2D eigenvalue weighted by molar-refractivity contribution is -0.918. The minimum atomic E-state index is -0.367. The third-order valence-electron chi connectivity index (χ3n) is 5.32. The highest BCUT2D eigenvalue weighted by Crippen LogP contribution is 2.24. The smallest absolute Gasteiger partial charge is 0.410 e. The molecule has 0 radical (unpaired) electrons. The fourth-order valence-corrected chi connectivity index (χ4v) is 3.63. The second kappa shape index (κ2) is 7.45. The molecule has 0 bridgehead atoms. The Kier molecular flexibility index (Phi) is 5.27. The molecule has 140 valence electrons. The predicted octanol–water partition coefficient (Wildman–Crippen LogP) is 0.292. The molecule has 0 spiro atoms. The summed E-state index contributed by atoms with van der Waals surface area (Å²) in [5, 5.41) is 0. The molecule has 2 aliphatic heterocycles. The number of hydrogen-bond acceptors (Lipinski definition) is 4. The van der Waals surface area contributed by atoms with Crippen molar-refractivity contribution in [3.63, 3.8) is 0 Å². The van der Waals surface area contributed by atoms with Crippen LogP contribution in [-0.4, -0.2) is 61.6 Å². The van der Waals surface area contributed by atoms with Crippen molar-refractivity contribution in [2.45, 2.75) is 33.2 Å². The second-order valence-corrected chi connectivity index (χ2v) is 6.94. The Bertz CT molecular complexity index is 725.